The van der Waals surface area contributed by atoms with Crippen LogP contribution < -0.4 is 10.5 Å². The minimum atomic E-state index is 0.486. The van der Waals surface area contributed by atoms with E-state index < -0.39 is 0 Å². The lowest BCUT2D eigenvalue weighted by Crippen LogP contribution is -2.07. The average molecular weight is 219 g/mol. The third-order valence-corrected chi connectivity index (χ3v) is 3.22. The van der Waals surface area contributed by atoms with Crippen molar-refractivity contribution in [3.05, 3.63) is 29.8 Å². The first kappa shape index (κ1) is 11.5. The molecule has 1 atom stereocenters. The lowest BCUT2D eigenvalue weighted by atomic mass is 9.97. The van der Waals surface area contributed by atoms with E-state index in [-0.39, 0.29) is 0 Å². The van der Waals surface area contributed by atoms with Gasteiger partial charge in [0, 0.05) is 0 Å². The van der Waals surface area contributed by atoms with Crippen LogP contribution in [0.1, 0.15) is 37.7 Å². The second kappa shape index (κ2) is 5.35. The topological polar surface area (TPSA) is 35.2 Å². The van der Waals surface area contributed by atoms with Gasteiger partial charge in [-0.05, 0) is 49.3 Å². The molecule has 1 saturated carbocycles. The van der Waals surface area contributed by atoms with Gasteiger partial charge in [0.15, 0.2) is 0 Å². The molecule has 0 bridgehead atoms. The summed E-state index contributed by atoms with van der Waals surface area (Å²) in [7, 11) is 0. The predicted molar refractivity (Wildman–Crippen MR) is 66.7 cm³/mol. The molecule has 0 spiro atoms. The highest BCUT2D eigenvalue weighted by atomic mass is 16.5. The van der Waals surface area contributed by atoms with Crippen LogP contribution in [-0.4, -0.2) is 13.2 Å². The van der Waals surface area contributed by atoms with Crippen LogP contribution in [0.15, 0.2) is 24.3 Å². The Morgan fingerprint density at radius 3 is 2.81 bits per heavy atom. The molecule has 2 nitrogen and oxygen atoms in total. The molecule has 2 heteroatoms. The van der Waals surface area contributed by atoms with E-state index >= 15 is 0 Å². The standard InChI is InChI=1S/C14H21NO/c1-11(8-9-15)13-4-2-3-5-14(13)16-10-12-6-7-12/h2-5,11-12H,6-10,15H2,1H3. The van der Waals surface area contributed by atoms with Crippen LogP contribution in [0.2, 0.25) is 0 Å². The van der Waals surface area contributed by atoms with Crippen molar-refractivity contribution < 1.29 is 4.74 Å². The highest BCUT2D eigenvalue weighted by molar-refractivity contribution is 5.36. The Balaban J connectivity index is 2.02. The molecular formula is C14H21NO. The van der Waals surface area contributed by atoms with Crippen LogP contribution >= 0.6 is 0 Å². The maximum Gasteiger partial charge on any atom is 0.122 e. The van der Waals surface area contributed by atoms with E-state index in [2.05, 4.69) is 25.1 Å². The quantitative estimate of drug-likeness (QED) is 0.798. The number of ether oxygens (including phenoxy) is 1. The molecule has 0 aromatic heterocycles. The molecule has 1 aromatic rings. The van der Waals surface area contributed by atoms with Crippen molar-refractivity contribution in [2.45, 2.75) is 32.1 Å². The summed E-state index contributed by atoms with van der Waals surface area (Å²) in [6, 6.07) is 8.35. The van der Waals surface area contributed by atoms with Crippen molar-refractivity contribution in [1.29, 1.82) is 0 Å². The molecule has 1 aliphatic carbocycles. The number of para-hydroxylation sites is 1. The molecule has 0 aliphatic heterocycles. The number of hydrogen-bond donors (Lipinski definition) is 1. The van der Waals surface area contributed by atoms with Crippen LogP contribution in [0, 0.1) is 5.92 Å². The zero-order valence-electron chi connectivity index (χ0n) is 9.99. The van der Waals surface area contributed by atoms with Gasteiger partial charge in [-0.25, -0.2) is 0 Å². The van der Waals surface area contributed by atoms with Gasteiger partial charge in [-0.1, -0.05) is 25.1 Å². The van der Waals surface area contributed by atoms with Gasteiger partial charge in [-0.2, -0.15) is 0 Å². The Hall–Kier alpha value is -1.02. The summed E-state index contributed by atoms with van der Waals surface area (Å²) < 4.78 is 5.89. The molecular weight excluding hydrogens is 198 g/mol. The predicted octanol–water partition coefficient (Wildman–Crippen LogP) is 2.93. The van der Waals surface area contributed by atoms with Gasteiger partial charge in [0.25, 0.3) is 0 Å². The first-order chi connectivity index (χ1) is 7.81. The molecule has 1 unspecified atom stereocenters. The zero-order valence-corrected chi connectivity index (χ0v) is 9.99. The number of benzene rings is 1. The molecule has 2 rings (SSSR count). The molecule has 0 amide bonds. The van der Waals surface area contributed by atoms with E-state index in [1.807, 2.05) is 6.07 Å². The van der Waals surface area contributed by atoms with Crippen LogP contribution in [-0.2, 0) is 0 Å². The Bertz CT molecular complexity index is 333. The van der Waals surface area contributed by atoms with Crippen molar-refractivity contribution >= 4 is 0 Å². The third kappa shape index (κ3) is 2.99. The molecule has 88 valence electrons. The van der Waals surface area contributed by atoms with Crippen molar-refractivity contribution in [3.63, 3.8) is 0 Å². The monoisotopic (exact) mass is 219 g/mol. The largest absolute Gasteiger partial charge is 0.493 e. The van der Waals surface area contributed by atoms with Crippen LogP contribution in [0.4, 0.5) is 0 Å². The third-order valence-electron chi connectivity index (χ3n) is 3.22. The maximum atomic E-state index is 5.89. The summed E-state index contributed by atoms with van der Waals surface area (Å²) in [6.07, 6.45) is 3.69. The van der Waals surface area contributed by atoms with Gasteiger partial charge in [0.2, 0.25) is 0 Å². The number of rotatable bonds is 6. The fourth-order valence-electron chi connectivity index (χ4n) is 1.92. The SMILES string of the molecule is CC(CCN)c1ccccc1OCC1CC1. The Labute approximate surface area is 97.8 Å². The molecule has 1 aromatic carbocycles. The number of hydrogen-bond acceptors (Lipinski definition) is 2. The second-order valence-corrected chi connectivity index (χ2v) is 4.77. The lowest BCUT2D eigenvalue weighted by molar-refractivity contribution is 0.295. The maximum absolute atomic E-state index is 5.89. The molecule has 0 heterocycles. The van der Waals surface area contributed by atoms with Crippen molar-refractivity contribution in [3.8, 4) is 5.75 Å². The first-order valence-electron chi connectivity index (χ1n) is 6.23. The van der Waals surface area contributed by atoms with Crippen molar-refractivity contribution in [1.82, 2.24) is 0 Å². The highest BCUT2D eigenvalue weighted by Crippen LogP contribution is 2.32. The molecule has 0 radical (unpaired) electrons. The summed E-state index contributed by atoms with van der Waals surface area (Å²) >= 11 is 0. The molecule has 0 saturated heterocycles. The Morgan fingerprint density at radius 1 is 1.38 bits per heavy atom. The van der Waals surface area contributed by atoms with Crippen molar-refractivity contribution in [2.24, 2.45) is 11.7 Å². The highest BCUT2D eigenvalue weighted by Gasteiger charge is 2.22. The summed E-state index contributed by atoms with van der Waals surface area (Å²) in [5, 5.41) is 0. The molecule has 1 aliphatic rings. The fourth-order valence-corrected chi connectivity index (χ4v) is 1.92. The minimum Gasteiger partial charge on any atom is -0.493 e. The average Bonchev–Trinajstić information content (AvgIpc) is 3.11. The normalized spacial score (nSPS) is 17.1. The molecule has 1 fully saturated rings. The Kier molecular flexibility index (Phi) is 3.83. The molecule has 16 heavy (non-hydrogen) atoms. The van der Waals surface area contributed by atoms with Crippen LogP contribution in [0.25, 0.3) is 0 Å². The smallest absolute Gasteiger partial charge is 0.122 e. The summed E-state index contributed by atoms with van der Waals surface area (Å²) in [4.78, 5) is 0. The van der Waals surface area contributed by atoms with E-state index in [4.69, 9.17) is 10.5 Å². The van der Waals surface area contributed by atoms with Gasteiger partial charge in [-0.3, -0.25) is 0 Å². The van der Waals surface area contributed by atoms with E-state index in [0.29, 0.717) is 5.92 Å². The zero-order chi connectivity index (χ0) is 11.4. The van der Waals surface area contributed by atoms with Gasteiger partial charge < -0.3 is 10.5 Å². The fraction of sp³-hybridized carbons (Fsp3) is 0.571. The summed E-state index contributed by atoms with van der Waals surface area (Å²) in [5.74, 6) is 2.34. The summed E-state index contributed by atoms with van der Waals surface area (Å²) in [6.45, 7) is 3.83. The Morgan fingerprint density at radius 2 is 2.12 bits per heavy atom. The van der Waals surface area contributed by atoms with E-state index in [1.165, 1.54) is 18.4 Å². The van der Waals surface area contributed by atoms with Crippen LogP contribution in [0.5, 0.6) is 5.75 Å². The van der Waals surface area contributed by atoms with Crippen LogP contribution in [0.3, 0.4) is 0 Å². The number of nitrogens with two attached hydrogens (primary N) is 1. The van der Waals surface area contributed by atoms with Gasteiger partial charge in [0.05, 0.1) is 6.61 Å². The first-order valence-corrected chi connectivity index (χ1v) is 6.23. The van der Waals surface area contributed by atoms with Gasteiger partial charge in [-0.15, -0.1) is 0 Å². The minimum absolute atomic E-state index is 0.486. The van der Waals surface area contributed by atoms with E-state index in [1.54, 1.807) is 0 Å². The second-order valence-electron chi connectivity index (χ2n) is 4.77. The lowest BCUT2D eigenvalue weighted by Gasteiger charge is -2.16. The van der Waals surface area contributed by atoms with E-state index in [9.17, 15) is 0 Å². The van der Waals surface area contributed by atoms with Crippen molar-refractivity contribution in [2.75, 3.05) is 13.2 Å². The van der Waals surface area contributed by atoms with E-state index in [0.717, 1.165) is 31.2 Å². The van der Waals surface area contributed by atoms with Gasteiger partial charge >= 0.3 is 0 Å². The summed E-state index contributed by atoms with van der Waals surface area (Å²) in [5.41, 5.74) is 6.91. The van der Waals surface area contributed by atoms with Gasteiger partial charge in [0.1, 0.15) is 5.75 Å². The molecule has 2 N–H and O–H groups in total.